The Bertz CT molecular complexity index is 1230. The van der Waals surface area contributed by atoms with Gasteiger partial charge in [-0.25, -0.2) is 0 Å². The number of aldehydes is 1. The monoisotopic (exact) mass is 484 g/mol. The first-order chi connectivity index (χ1) is 16.0. The highest BCUT2D eigenvalue weighted by Crippen LogP contribution is 2.40. The zero-order chi connectivity index (χ0) is 24.7. The molecule has 1 N–H and O–H groups in total. The van der Waals surface area contributed by atoms with E-state index in [2.05, 4.69) is 10.1 Å². The maximum atomic E-state index is 13.9. The minimum Gasteiger partial charge on any atom is -0.320 e. The number of alkyl halides is 6. The molecule has 6 nitrogen and oxygen atoms in total. The normalized spacial score (nSPS) is 19.2. The molecule has 1 aromatic carbocycles. The highest BCUT2D eigenvalue weighted by atomic mass is 19.4. The molecule has 0 radical (unpaired) electrons. The fraction of sp³-hybridized carbons (Fsp3) is 0.364. The van der Waals surface area contributed by atoms with Gasteiger partial charge in [-0.3, -0.25) is 14.5 Å². The number of pyridine rings is 1. The number of benzene rings is 1. The zero-order valence-corrected chi connectivity index (χ0v) is 17.5. The summed E-state index contributed by atoms with van der Waals surface area (Å²) in [5, 5.41) is 6.42. The van der Waals surface area contributed by atoms with Gasteiger partial charge in [0.15, 0.2) is 0 Å². The first-order valence-electron chi connectivity index (χ1n) is 10.4. The van der Waals surface area contributed by atoms with E-state index >= 15 is 0 Å². The molecular weight excluding hydrogens is 466 g/mol. The van der Waals surface area contributed by atoms with Crippen molar-refractivity contribution in [2.75, 3.05) is 5.32 Å². The molecule has 1 saturated carbocycles. The van der Waals surface area contributed by atoms with Crippen molar-refractivity contribution in [2.24, 2.45) is 5.92 Å². The molecule has 34 heavy (non-hydrogen) atoms. The predicted octanol–water partition coefficient (Wildman–Crippen LogP) is 5.65. The molecule has 1 amide bonds. The van der Waals surface area contributed by atoms with Gasteiger partial charge in [0.25, 0.3) is 5.91 Å². The van der Waals surface area contributed by atoms with Crippen molar-refractivity contribution >= 4 is 28.8 Å². The van der Waals surface area contributed by atoms with Gasteiger partial charge in [0.05, 0.1) is 34.6 Å². The molecule has 0 saturated heterocycles. The summed E-state index contributed by atoms with van der Waals surface area (Å²) < 4.78 is 82.7. The van der Waals surface area contributed by atoms with E-state index in [4.69, 9.17) is 0 Å². The second-order valence-electron chi connectivity index (χ2n) is 8.10. The van der Waals surface area contributed by atoms with E-state index in [1.165, 1.54) is 10.9 Å². The highest BCUT2D eigenvalue weighted by Gasteiger charge is 2.38. The van der Waals surface area contributed by atoms with E-state index in [9.17, 15) is 35.9 Å². The van der Waals surface area contributed by atoms with Crippen molar-refractivity contribution in [3.8, 4) is 0 Å². The van der Waals surface area contributed by atoms with Crippen LogP contribution in [-0.2, 0) is 17.1 Å². The van der Waals surface area contributed by atoms with Crippen LogP contribution in [0.2, 0.25) is 0 Å². The molecule has 0 spiro atoms. The van der Waals surface area contributed by atoms with Crippen molar-refractivity contribution in [2.45, 2.75) is 44.1 Å². The molecule has 2 aromatic heterocycles. The average molecular weight is 484 g/mol. The van der Waals surface area contributed by atoms with E-state index in [1.807, 2.05) is 5.32 Å². The zero-order valence-electron chi connectivity index (χ0n) is 17.5. The Balaban J connectivity index is 1.72. The Kier molecular flexibility index (Phi) is 6.09. The molecule has 0 bridgehead atoms. The number of hydrogen-bond acceptors (Lipinski definition) is 4. The fourth-order valence-corrected chi connectivity index (χ4v) is 4.20. The first-order valence-corrected chi connectivity index (χ1v) is 10.4. The van der Waals surface area contributed by atoms with Crippen LogP contribution < -0.4 is 5.32 Å². The number of halogens is 6. The van der Waals surface area contributed by atoms with Crippen LogP contribution in [0, 0.1) is 5.92 Å². The van der Waals surface area contributed by atoms with Gasteiger partial charge in [-0.05, 0) is 49.9 Å². The summed E-state index contributed by atoms with van der Waals surface area (Å²) in [6, 6.07) is 3.26. The molecule has 0 aliphatic heterocycles. The summed E-state index contributed by atoms with van der Waals surface area (Å²) in [6.07, 6.45) is -4.33. The molecule has 1 aliphatic carbocycles. The average Bonchev–Trinajstić information content (AvgIpc) is 3.20. The molecule has 12 heteroatoms. The number of carbonyl (C=O) groups is 2. The van der Waals surface area contributed by atoms with Crippen LogP contribution in [0.5, 0.6) is 0 Å². The summed E-state index contributed by atoms with van der Waals surface area (Å²) in [6.45, 7) is 0. The van der Waals surface area contributed by atoms with Crippen molar-refractivity contribution in [1.82, 2.24) is 14.8 Å². The topological polar surface area (TPSA) is 76.9 Å². The largest absolute Gasteiger partial charge is 0.418 e. The van der Waals surface area contributed by atoms with Gasteiger partial charge in [0.1, 0.15) is 12.0 Å². The summed E-state index contributed by atoms with van der Waals surface area (Å²) in [4.78, 5) is 26.9. The molecule has 0 atom stereocenters. The first kappa shape index (κ1) is 23.7. The Morgan fingerprint density at radius 1 is 1.03 bits per heavy atom. The summed E-state index contributed by atoms with van der Waals surface area (Å²) in [7, 11) is 0. The standard InChI is InChI=1S/C22H18F6N4O2/c23-21(24,25)15-2-1-7-29-19(15)20(34)31-17-8-13-10-30-32(14-5-3-12(11-33)4-6-14)18(13)9-16(17)22(26,27)28/h1-2,7-12,14H,3-6H2,(H,31,34). The molecule has 1 fully saturated rings. The maximum absolute atomic E-state index is 13.9. The van der Waals surface area contributed by atoms with Gasteiger partial charge in [-0.15, -0.1) is 0 Å². The number of aromatic nitrogens is 3. The van der Waals surface area contributed by atoms with Gasteiger partial charge in [0.2, 0.25) is 0 Å². The third-order valence-electron chi connectivity index (χ3n) is 5.90. The third kappa shape index (κ3) is 4.62. The molecular formula is C22H18F6N4O2. The molecule has 1 aliphatic rings. The van der Waals surface area contributed by atoms with Crippen molar-refractivity contribution < 1.29 is 35.9 Å². The Morgan fingerprint density at radius 3 is 2.32 bits per heavy atom. The van der Waals surface area contributed by atoms with Crippen LogP contribution in [0.1, 0.15) is 53.3 Å². The second-order valence-corrected chi connectivity index (χ2v) is 8.10. The number of fused-ring (bicyclic) bond motifs is 1. The number of carbonyl (C=O) groups excluding carboxylic acids is 2. The lowest BCUT2D eigenvalue weighted by Gasteiger charge is -2.26. The Hall–Kier alpha value is -3.44. The molecule has 4 rings (SSSR count). The number of anilines is 1. The van der Waals surface area contributed by atoms with E-state index in [0.717, 1.165) is 30.7 Å². The number of amides is 1. The maximum Gasteiger partial charge on any atom is 0.418 e. The molecule has 0 unspecified atom stereocenters. The van der Waals surface area contributed by atoms with Gasteiger partial charge in [-0.1, -0.05) is 0 Å². The Morgan fingerprint density at radius 2 is 1.71 bits per heavy atom. The van der Waals surface area contributed by atoms with E-state index in [-0.39, 0.29) is 22.9 Å². The smallest absolute Gasteiger partial charge is 0.320 e. The lowest BCUT2D eigenvalue weighted by molar-refractivity contribution is -0.138. The lowest BCUT2D eigenvalue weighted by Crippen LogP contribution is -2.22. The lowest BCUT2D eigenvalue weighted by atomic mass is 9.87. The minimum absolute atomic E-state index is 0.0844. The van der Waals surface area contributed by atoms with Gasteiger partial charge < -0.3 is 10.1 Å². The quantitative estimate of drug-likeness (QED) is 0.384. The molecule has 3 aromatic rings. The number of nitrogens with zero attached hydrogens (tertiary/aromatic N) is 3. The van der Waals surface area contributed by atoms with Crippen LogP contribution in [0.3, 0.4) is 0 Å². The number of nitrogens with one attached hydrogen (secondary N) is 1. The SMILES string of the molecule is O=CC1CCC(n2ncc3cc(NC(=O)c4ncccc4C(F)(F)F)c(C(F)(F)F)cc32)CC1. The van der Waals surface area contributed by atoms with Gasteiger partial charge in [-0.2, -0.15) is 31.4 Å². The summed E-state index contributed by atoms with van der Waals surface area (Å²) >= 11 is 0. The third-order valence-corrected chi connectivity index (χ3v) is 5.90. The van der Waals surface area contributed by atoms with Crippen LogP contribution >= 0.6 is 0 Å². The van der Waals surface area contributed by atoms with Crippen molar-refractivity contribution in [3.05, 3.63) is 53.5 Å². The summed E-state index contributed by atoms with van der Waals surface area (Å²) in [5.41, 5.74) is -4.14. The summed E-state index contributed by atoms with van der Waals surface area (Å²) in [5.74, 6) is -1.50. The molecule has 180 valence electrons. The number of hydrogen-bond donors (Lipinski definition) is 1. The second kappa shape index (κ2) is 8.73. The van der Waals surface area contributed by atoms with Gasteiger partial charge in [0, 0.05) is 17.5 Å². The van der Waals surface area contributed by atoms with Crippen LogP contribution in [-0.4, -0.2) is 27.0 Å². The predicted molar refractivity (Wildman–Crippen MR) is 109 cm³/mol. The van der Waals surface area contributed by atoms with Crippen molar-refractivity contribution in [3.63, 3.8) is 0 Å². The van der Waals surface area contributed by atoms with Crippen LogP contribution in [0.4, 0.5) is 32.0 Å². The van der Waals surface area contributed by atoms with Crippen LogP contribution in [0.15, 0.2) is 36.7 Å². The minimum atomic E-state index is -4.91. The van der Waals surface area contributed by atoms with Crippen LogP contribution in [0.25, 0.3) is 10.9 Å². The van der Waals surface area contributed by atoms with E-state index < -0.39 is 40.8 Å². The number of rotatable bonds is 4. The van der Waals surface area contributed by atoms with E-state index in [1.54, 1.807) is 0 Å². The van der Waals surface area contributed by atoms with E-state index in [0.29, 0.717) is 31.7 Å². The molecule has 2 heterocycles. The van der Waals surface area contributed by atoms with Gasteiger partial charge >= 0.3 is 12.4 Å². The Labute approximate surface area is 189 Å². The fourth-order valence-electron chi connectivity index (χ4n) is 4.20. The van der Waals surface area contributed by atoms with Crippen molar-refractivity contribution in [1.29, 1.82) is 0 Å². The highest BCUT2D eigenvalue weighted by molar-refractivity contribution is 6.05.